The number of thiazole rings is 1. The number of nitrogens with zero attached hydrogens (tertiary/aromatic N) is 2. The van der Waals surface area contributed by atoms with Crippen LogP contribution in [0.5, 0.6) is 0 Å². The van der Waals surface area contributed by atoms with Crippen LogP contribution in [-0.4, -0.2) is 40.0 Å². The summed E-state index contributed by atoms with van der Waals surface area (Å²) in [6.45, 7) is 2.57. The lowest BCUT2D eigenvalue weighted by atomic mass is 9.99. The van der Waals surface area contributed by atoms with Crippen molar-refractivity contribution in [3.8, 4) is 10.8 Å². The van der Waals surface area contributed by atoms with Gasteiger partial charge in [-0.05, 0) is 18.1 Å². The van der Waals surface area contributed by atoms with Crippen LogP contribution < -0.4 is 0 Å². The van der Waals surface area contributed by atoms with Crippen molar-refractivity contribution < 1.29 is 19.1 Å². The summed E-state index contributed by atoms with van der Waals surface area (Å²) in [4.78, 5) is 29.8. The molecule has 1 N–H and O–H groups in total. The number of aliphatic carboxylic acids is 1. The van der Waals surface area contributed by atoms with Gasteiger partial charge >= 0.3 is 5.97 Å². The van der Waals surface area contributed by atoms with Gasteiger partial charge in [0.15, 0.2) is 10.8 Å². The maximum atomic E-state index is 12.4. The Morgan fingerprint density at radius 3 is 2.90 bits per heavy atom. The normalized spacial score (nSPS) is 21.7. The van der Waals surface area contributed by atoms with Crippen LogP contribution in [-0.2, 0) is 4.79 Å². The lowest BCUT2D eigenvalue weighted by molar-refractivity contribution is -0.142. The predicted octanol–water partition coefficient (Wildman–Crippen LogP) is 2.20. The molecule has 2 aromatic heterocycles. The summed E-state index contributed by atoms with van der Waals surface area (Å²) in [7, 11) is 0. The third kappa shape index (κ3) is 2.56. The lowest BCUT2D eigenvalue weighted by Crippen LogP contribution is -2.29. The summed E-state index contributed by atoms with van der Waals surface area (Å²) < 4.78 is 5.25. The molecule has 0 radical (unpaired) electrons. The number of likely N-dealkylation sites (tertiary alicyclic amines) is 1. The molecule has 6 nitrogen and oxygen atoms in total. The van der Waals surface area contributed by atoms with Crippen LogP contribution >= 0.6 is 11.3 Å². The summed E-state index contributed by atoms with van der Waals surface area (Å²) in [6, 6.07) is 3.54. The van der Waals surface area contributed by atoms with E-state index in [0.717, 1.165) is 0 Å². The molecule has 1 aliphatic rings. The van der Waals surface area contributed by atoms with Gasteiger partial charge < -0.3 is 14.4 Å². The van der Waals surface area contributed by atoms with E-state index < -0.39 is 11.9 Å². The van der Waals surface area contributed by atoms with Gasteiger partial charge in [-0.25, -0.2) is 4.98 Å². The number of hydrogen-bond donors (Lipinski definition) is 1. The predicted molar refractivity (Wildman–Crippen MR) is 76.0 cm³/mol. The summed E-state index contributed by atoms with van der Waals surface area (Å²) in [5, 5.41) is 9.77. The average Bonchev–Trinajstić information content (AvgIpc) is 3.17. The second-order valence-electron chi connectivity index (χ2n) is 5.14. The molecule has 0 bridgehead atoms. The van der Waals surface area contributed by atoms with Gasteiger partial charge in [0.05, 0.1) is 18.4 Å². The van der Waals surface area contributed by atoms with E-state index in [-0.39, 0.29) is 18.4 Å². The number of rotatable bonds is 3. The summed E-state index contributed by atoms with van der Waals surface area (Å²) >= 11 is 1.25. The summed E-state index contributed by atoms with van der Waals surface area (Å²) in [5.41, 5.74) is 0. The van der Waals surface area contributed by atoms with Gasteiger partial charge in [0.25, 0.3) is 5.91 Å². The van der Waals surface area contributed by atoms with Crippen molar-refractivity contribution in [2.45, 2.75) is 6.92 Å². The SMILES string of the molecule is C[C@@H]1CN(C(=O)c2cnc(-c3ccco3)s2)C[C@H]1C(=O)O. The quantitative estimate of drug-likeness (QED) is 0.939. The number of carboxylic acid groups (broad SMARTS) is 1. The molecule has 1 saturated heterocycles. The third-order valence-corrected chi connectivity index (χ3v) is 4.67. The molecule has 3 rings (SSSR count). The second kappa shape index (κ2) is 5.33. The molecule has 7 heteroatoms. The Labute approximate surface area is 125 Å². The van der Waals surface area contributed by atoms with Crippen LogP contribution in [0.2, 0.25) is 0 Å². The molecular weight excluding hydrogens is 292 g/mol. The van der Waals surface area contributed by atoms with Gasteiger partial charge in [0.2, 0.25) is 0 Å². The first-order valence-corrected chi connectivity index (χ1v) is 7.39. The van der Waals surface area contributed by atoms with Crippen LogP contribution in [0.3, 0.4) is 0 Å². The van der Waals surface area contributed by atoms with Gasteiger partial charge in [-0.3, -0.25) is 9.59 Å². The van der Waals surface area contributed by atoms with Crippen molar-refractivity contribution >= 4 is 23.2 Å². The number of aromatic nitrogens is 1. The van der Waals surface area contributed by atoms with Crippen LogP contribution in [0.25, 0.3) is 10.8 Å². The Morgan fingerprint density at radius 2 is 2.29 bits per heavy atom. The summed E-state index contributed by atoms with van der Waals surface area (Å²) in [6.07, 6.45) is 3.07. The zero-order chi connectivity index (χ0) is 15.0. The number of furan rings is 1. The number of carboxylic acids is 1. The van der Waals surface area contributed by atoms with Crippen molar-refractivity contribution in [1.29, 1.82) is 0 Å². The standard InChI is InChI=1S/C14H14N2O4S/c1-8-6-16(7-9(8)14(18)19)13(17)11-5-15-12(21-11)10-3-2-4-20-10/h2-5,8-9H,6-7H2,1H3,(H,18,19)/t8-,9-/m1/s1. The smallest absolute Gasteiger partial charge is 0.308 e. The van der Waals surface area contributed by atoms with E-state index in [4.69, 9.17) is 9.52 Å². The Morgan fingerprint density at radius 1 is 1.48 bits per heavy atom. The monoisotopic (exact) mass is 306 g/mol. The van der Waals surface area contributed by atoms with Gasteiger partial charge in [-0.1, -0.05) is 6.92 Å². The van der Waals surface area contributed by atoms with E-state index in [1.165, 1.54) is 17.5 Å². The topological polar surface area (TPSA) is 83.6 Å². The van der Waals surface area contributed by atoms with Crippen molar-refractivity contribution in [1.82, 2.24) is 9.88 Å². The molecule has 110 valence electrons. The highest BCUT2D eigenvalue weighted by Gasteiger charge is 2.37. The van der Waals surface area contributed by atoms with Gasteiger partial charge in [0.1, 0.15) is 4.88 Å². The molecule has 0 saturated carbocycles. The molecule has 1 amide bonds. The van der Waals surface area contributed by atoms with Crippen molar-refractivity contribution in [2.24, 2.45) is 11.8 Å². The van der Waals surface area contributed by atoms with Crippen molar-refractivity contribution in [3.63, 3.8) is 0 Å². The number of carbonyl (C=O) groups is 2. The number of amides is 1. The molecule has 0 aromatic carbocycles. The fraction of sp³-hybridized carbons (Fsp3) is 0.357. The van der Waals surface area contributed by atoms with E-state index >= 15 is 0 Å². The Kier molecular flexibility index (Phi) is 3.50. The molecule has 0 spiro atoms. The van der Waals surface area contributed by atoms with Crippen molar-refractivity contribution in [3.05, 3.63) is 29.5 Å². The minimum atomic E-state index is -0.849. The molecule has 2 aromatic rings. The molecule has 0 unspecified atom stereocenters. The first kappa shape index (κ1) is 13.8. The number of carbonyl (C=O) groups excluding carboxylic acids is 1. The molecule has 3 heterocycles. The highest BCUT2D eigenvalue weighted by atomic mass is 32.1. The van der Waals surface area contributed by atoms with Gasteiger partial charge in [-0.2, -0.15) is 0 Å². The van der Waals surface area contributed by atoms with E-state index in [2.05, 4.69) is 4.98 Å². The van der Waals surface area contributed by atoms with Crippen LogP contribution in [0, 0.1) is 11.8 Å². The maximum Gasteiger partial charge on any atom is 0.308 e. The van der Waals surface area contributed by atoms with Crippen LogP contribution in [0.1, 0.15) is 16.6 Å². The van der Waals surface area contributed by atoms with E-state index in [9.17, 15) is 9.59 Å². The Bertz CT molecular complexity index is 664. The minimum Gasteiger partial charge on any atom is -0.481 e. The van der Waals surface area contributed by atoms with Crippen LogP contribution in [0.4, 0.5) is 0 Å². The first-order chi connectivity index (χ1) is 10.1. The third-order valence-electron chi connectivity index (χ3n) is 3.67. The van der Waals surface area contributed by atoms with E-state index in [0.29, 0.717) is 22.2 Å². The Balaban J connectivity index is 1.76. The van der Waals surface area contributed by atoms with Crippen LogP contribution in [0.15, 0.2) is 29.0 Å². The fourth-order valence-electron chi connectivity index (χ4n) is 2.50. The molecule has 1 aliphatic heterocycles. The second-order valence-corrected chi connectivity index (χ2v) is 6.17. The number of hydrogen-bond acceptors (Lipinski definition) is 5. The lowest BCUT2D eigenvalue weighted by Gasteiger charge is -2.13. The van der Waals surface area contributed by atoms with Crippen molar-refractivity contribution in [2.75, 3.05) is 13.1 Å². The molecule has 21 heavy (non-hydrogen) atoms. The largest absolute Gasteiger partial charge is 0.481 e. The maximum absolute atomic E-state index is 12.4. The molecule has 1 fully saturated rings. The molecule has 0 aliphatic carbocycles. The first-order valence-electron chi connectivity index (χ1n) is 6.58. The zero-order valence-electron chi connectivity index (χ0n) is 11.4. The van der Waals surface area contributed by atoms with E-state index in [1.54, 1.807) is 23.3 Å². The zero-order valence-corrected chi connectivity index (χ0v) is 12.2. The Hall–Kier alpha value is -2.15. The summed E-state index contributed by atoms with van der Waals surface area (Å²) in [5.74, 6) is -0.924. The fourth-order valence-corrected chi connectivity index (χ4v) is 3.35. The minimum absolute atomic E-state index is 0.0380. The highest BCUT2D eigenvalue weighted by molar-refractivity contribution is 7.16. The highest BCUT2D eigenvalue weighted by Crippen LogP contribution is 2.29. The molecular formula is C14H14N2O4S. The average molecular weight is 306 g/mol. The van der Waals surface area contributed by atoms with Gasteiger partial charge in [0, 0.05) is 13.1 Å². The van der Waals surface area contributed by atoms with E-state index in [1.807, 2.05) is 6.92 Å². The van der Waals surface area contributed by atoms with Gasteiger partial charge in [-0.15, -0.1) is 11.3 Å². The molecule has 2 atom stereocenters.